The number of H-pyrrole nitrogens is 1. The molecule has 10 heteroatoms. The van der Waals surface area contributed by atoms with Crippen LogP contribution < -0.4 is 0 Å². The molecule has 10 nitrogen and oxygen atoms in total. The molecule has 2 fully saturated rings. The Morgan fingerprint density at radius 3 is 2.55 bits per heavy atom. The summed E-state index contributed by atoms with van der Waals surface area (Å²) in [5.41, 5.74) is -0.136. The molecule has 1 aliphatic heterocycles. The molecule has 210 valence electrons. The lowest BCUT2D eigenvalue weighted by molar-refractivity contribution is -0.151. The molecule has 0 amide bonds. The van der Waals surface area contributed by atoms with E-state index in [4.69, 9.17) is 14.2 Å². The third-order valence-corrected chi connectivity index (χ3v) is 8.74. The van der Waals surface area contributed by atoms with E-state index in [1.807, 2.05) is 32.1 Å². The second-order valence-electron chi connectivity index (χ2n) is 11.0. The second kappa shape index (κ2) is 10.9. The van der Waals surface area contributed by atoms with Crippen LogP contribution in [0.15, 0.2) is 42.1 Å². The number of aromatic amines is 1. The molecule has 0 spiro atoms. The van der Waals surface area contributed by atoms with Crippen LogP contribution in [-0.2, 0) is 19.0 Å². The van der Waals surface area contributed by atoms with Gasteiger partial charge in [0.1, 0.15) is 23.5 Å². The van der Waals surface area contributed by atoms with Gasteiger partial charge in [-0.1, -0.05) is 32.1 Å². The van der Waals surface area contributed by atoms with Crippen LogP contribution in [0, 0.1) is 29.6 Å². The Balaban J connectivity index is 1.76. The highest BCUT2D eigenvalue weighted by molar-refractivity contribution is 5.87. The molecule has 0 aromatic carbocycles. The number of aliphatic carboxylic acids is 1. The molecule has 12 atom stereocenters. The number of nitrogens with one attached hydrogen (secondary N) is 1. The van der Waals surface area contributed by atoms with Crippen molar-refractivity contribution >= 4 is 11.9 Å². The van der Waals surface area contributed by atoms with Gasteiger partial charge in [-0.3, -0.25) is 0 Å². The van der Waals surface area contributed by atoms with Gasteiger partial charge in [0.15, 0.2) is 6.10 Å². The zero-order chi connectivity index (χ0) is 27.9. The monoisotopic (exact) mass is 533 g/mol. The highest BCUT2D eigenvalue weighted by Gasteiger charge is 2.68. The van der Waals surface area contributed by atoms with E-state index in [9.17, 15) is 30.0 Å². The van der Waals surface area contributed by atoms with Crippen LogP contribution >= 0.6 is 0 Å². The average Bonchev–Trinajstić information content (AvgIpc) is 3.47. The number of aliphatic hydroxyl groups excluding tert-OH is 3. The number of ether oxygens (including phenoxy) is 3. The van der Waals surface area contributed by atoms with Crippen LogP contribution in [0.25, 0.3) is 0 Å². The summed E-state index contributed by atoms with van der Waals surface area (Å²) in [7, 11) is 1.34. The minimum Gasteiger partial charge on any atom is -0.479 e. The van der Waals surface area contributed by atoms with Crippen molar-refractivity contribution in [2.75, 3.05) is 7.11 Å². The Kier molecular flexibility index (Phi) is 8.20. The van der Waals surface area contributed by atoms with Gasteiger partial charge in [-0.15, -0.1) is 0 Å². The minimum atomic E-state index is -1.13. The van der Waals surface area contributed by atoms with Crippen molar-refractivity contribution in [1.29, 1.82) is 0 Å². The summed E-state index contributed by atoms with van der Waals surface area (Å²) < 4.78 is 18.0. The van der Waals surface area contributed by atoms with Crippen molar-refractivity contribution in [2.24, 2.45) is 29.6 Å². The number of aliphatic hydroxyl groups is 3. The van der Waals surface area contributed by atoms with E-state index in [1.54, 1.807) is 25.3 Å². The topological polar surface area (TPSA) is 159 Å². The van der Waals surface area contributed by atoms with Gasteiger partial charge in [-0.25, -0.2) is 9.59 Å². The maximum atomic E-state index is 12.9. The maximum Gasteiger partial charge on any atom is 0.355 e. The summed E-state index contributed by atoms with van der Waals surface area (Å²) >= 11 is 0. The number of carbonyl (C=O) groups excluding carboxylic acids is 1. The lowest BCUT2D eigenvalue weighted by atomic mass is 9.57. The van der Waals surface area contributed by atoms with Crippen LogP contribution in [-0.4, -0.2) is 86.7 Å². The lowest BCUT2D eigenvalue weighted by Crippen LogP contribution is -2.57. The predicted molar refractivity (Wildman–Crippen MR) is 136 cm³/mol. The highest BCUT2D eigenvalue weighted by Crippen LogP contribution is 2.61. The number of aromatic nitrogens is 1. The molecule has 1 aromatic rings. The smallest absolute Gasteiger partial charge is 0.355 e. The lowest BCUT2D eigenvalue weighted by Gasteiger charge is -2.48. The summed E-state index contributed by atoms with van der Waals surface area (Å²) in [5.74, 6) is -3.79. The van der Waals surface area contributed by atoms with Gasteiger partial charge in [0.25, 0.3) is 0 Å². The number of rotatable bonds is 10. The number of esters is 1. The van der Waals surface area contributed by atoms with Crippen LogP contribution in [0.1, 0.15) is 44.6 Å². The Bertz CT molecular complexity index is 1070. The van der Waals surface area contributed by atoms with Crippen molar-refractivity contribution < 1.29 is 44.2 Å². The molecule has 2 aliphatic carbocycles. The fourth-order valence-corrected chi connectivity index (χ4v) is 6.74. The summed E-state index contributed by atoms with van der Waals surface area (Å²) in [4.78, 5) is 27.6. The quantitative estimate of drug-likeness (QED) is 0.224. The molecule has 0 radical (unpaired) electrons. The fourth-order valence-electron chi connectivity index (χ4n) is 6.74. The Morgan fingerprint density at radius 1 is 1.26 bits per heavy atom. The maximum absolute atomic E-state index is 12.9. The first-order valence-corrected chi connectivity index (χ1v) is 13.1. The Morgan fingerprint density at radius 2 is 1.97 bits per heavy atom. The molecule has 38 heavy (non-hydrogen) atoms. The molecular weight excluding hydrogens is 494 g/mol. The standard InChI is InChI=1S/C28H39NO9/c1-13(22(31)16(4)30)11-14(2)28-17(12-20(36-5)26(33)34)8-9-18-21(28)23(32)15(3)24(25(18)38-28)37-27(35)19-7-6-10-29-19/h6-11,13,15-18,20-25,29-32H,12H2,1-5H3,(H,33,34)/b14-11+/t13?,15-,16?,17-,18-,20?,21+,22?,23-,24-,25-,28+/m1/s1. The fraction of sp³-hybridized carbons (Fsp3) is 0.643. The predicted octanol–water partition coefficient (Wildman–Crippen LogP) is 1.92. The van der Waals surface area contributed by atoms with E-state index in [2.05, 4.69) is 4.98 Å². The van der Waals surface area contributed by atoms with E-state index < -0.39 is 77.8 Å². The third kappa shape index (κ3) is 4.73. The minimum absolute atomic E-state index is 0.0881. The molecule has 4 unspecified atom stereocenters. The molecular formula is C28H39NO9. The van der Waals surface area contributed by atoms with E-state index in [-0.39, 0.29) is 12.3 Å². The van der Waals surface area contributed by atoms with Gasteiger partial charge in [-0.2, -0.15) is 0 Å². The zero-order valence-corrected chi connectivity index (χ0v) is 22.4. The third-order valence-electron chi connectivity index (χ3n) is 8.74. The molecule has 1 saturated carbocycles. The first kappa shape index (κ1) is 28.5. The number of hydrogen-bond donors (Lipinski definition) is 5. The molecule has 4 rings (SSSR count). The number of carboxylic acids is 1. The second-order valence-corrected chi connectivity index (χ2v) is 11.0. The highest BCUT2D eigenvalue weighted by atomic mass is 16.6. The van der Waals surface area contributed by atoms with Crippen molar-refractivity contribution in [3.8, 4) is 0 Å². The largest absolute Gasteiger partial charge is 0.479 e. The number of hydrogen-bond acceptors (Lipinski definition) is 8. The van der Waals surface area contributed by atoms with E-state index in [0.717, 1.165) is 0 Å². The normalized spacial score (nSPS) is 37.4. The molecule has 2 heterocycles. The average molecular weight is 534 g/mol. The van der Waals surface area contributed by atoms with Gasteiger partial charge in [0.2, 0.25) is 0 Å². The molecule has 5 N–H and O–H groups in total. The van der Waals surface area contributed by atoms with E-state index >= 15 is 0 Å². The van der Waals surface area contributed by atoms with Crippen molar-refractivity contribution in [1.82, 2.24) is 4.98 Å². The Labute approximate surface area is 222 Å². The SMILES string of the molecule is COC(C[C@H]1C=C[C@H]2[C@H]3O[C@]1(/C(C)=C/C(C)C(O)C(C)O)[C@@H]2[C@H](O)[C@@H](C)[C@H]3OC(=O)c1ccc[nH]1)C(=O)O. The molecule has 4 bridgehead atoms. The van der Waals surface area contributed by atoms with Crippen molar-refractivity contribution in [3.63, 3.8) is 0 Å². The van der Waals surface area contributed by atoms with Crippen LogP contribution in [0.2, 0.25) is 0 Å². The van der Waals surface area contributed by atoms with Gasteiger partial charge >= 0.3 is 11.9 Å². The van der Waals surface area contributed by atoms with Gasteiger partial charge in [0.05, 0.1) is 18.3 Å². The van der Waals surface area contributed by atoms with E-state index in [0.29, 0.717) is 11.3 Å². The van der Waals surface area contributed by atoms with E-state index in [1.165, 1.54) is 14.0 Å². The number of methoxy groups -OCH3 is 1. The molecule has 3 aliphatic rings. The number of carbonyl (C=O) groups is 2. The van der Waals surface area contributed by atoms with Crippen LogP contribution in [0.5, 0.6) is 0 Å². The van der Waals surface area contributed by atoms with Crippen molar-refractivity contribution in [3.05, 3.63) is 47.8 Å². The zero-order valence-electron chi connectivity index (χ0n) is 22.4. The number of carboxylic acid groups (broad SMARTS) is 1. The Hall–Kier alpha value is -2.50. The van der Waals surface area contributed by atoms with Crippen LogP contribution in [0.4, 0.5) is 0 Å². The van der Waals surface area contributed by atoms with Crippen LogP contribution in [0.3, 0.4) is 0 Å². The van der Waals surface area contributed by atoms with Gasteiger partial charge in [-0.05, 0) is 38.0 Å². The molecule has 1 aromatic heterocycles. The first-order valence-electron chi connectivity index (χ1n) is 13.1. The first-order chi connectivity index (χ1) is 17.9. The summed E-state index contributed by atoms with van der Waals surface area (Å²) in [6.07, 6.45) is 2.03. The van der Waals surface area contributed by atoms with Crippen molar-refractivity contribution in [2.45, 2.75) is 76.3 Å². The summed E-state index contributed by atoms with van der Waals surface area (Å²) in [5, 5.41) is 41.8. The van der Waals surface area contributed by atoms with Gasteiger partial charge < -0.3 is 39.6 Å². The summed E-state index contributed by atoms with van der Waals surface area (Å²) in [6.45, 7) is 6.95. The van der Waals surface area contributed by atoms with Gasteiger partial charge in [0, 0.05) is 42.9 Å². The molecule has 1 saturated heterocycles. The summed E-state index contributed by atoms with van der Waals surface area (Å²) in [6, 6.07) is 3.30.